The van der Waals surface area contributed by atoms with Crippen molar-refractivity contribution >= 4 is 17.7 Å². The summed E-state index contributed by atoms with van der Waals surface area (Å²) >= 11 is 5.85. The zero-order valence-electron chi connectivity index (χ0n) is 11.2. The van der Waals surface area contributed by atoms with Gasteiger partial charge in [-0.15, -0.1) is 0 Å². The molecule has 0 bridgehead atoms. The minimum Gasteiger partial charge on any atom is -0.465 e. The number of halogens is 1. The second-order valence-corrected chi connectivity index (χ2v) is 5.43. The van der Waals surface area contributed by atoms with E-state index in [0.717, 1.165) is 18.4 Å². The van der Waals surface area contributed by atoms with Crippen molar-refractivity contribution in [2.45, 2.75) is 32.7 Å². The molecule has 3 N–H and O–H groups in total. The molecule has 19 heavy (non-hydrogen) atoms. The average molecular weight is 286 g/mol. The molecule has 0 spiro atoms. The summed E-state index contributed by atoms with van der Waals surface area (Å²) in [5.41, 5.74) is 0.262. The number of carbonyl (C=O) groups is 1. The second kappa shape index (κ2) is 6.78. The zero-order valence-corrected chi connectivity index (χ0v) is 11.9. The maximum Gasteiger partial charge on any atom is 0.405 e. The average Bonchev–Trinajstić information content (AvgIpc) is 2.37. The minimum atomic E-state index is -1.10. The van der Waals surface area contributed by atoms with Crippen LogP contribution in [0.3, 0.4) is 0 Å². The van der Waals surface area contributed by atoms with E-state index in [1.165, 1.54) is 0 Å². The van der Waals surface area contributed by atoms with E-state index in [-0.39, 0.29) is 6.61 Å². The first-order valence-electron chi connectivity index (χ1n) is 6.28. The van der Waals surface area contributed by atoms with Crippen LogP contribution in [0.25, 0.3) is 0 Å². The maximum absolute atomic E-state index is 11.0. The highest BCUT2D eigenvalue weighted by molar-refractivity contribution is 6.30. The number of carboxylic acid groups (broad SMARTS) is 1. The van der Waals surface area contributed by atoms with E-state index in [2.05, 4.69) is 5.32 Å². The van der Waals surface area contributed by atoms with E-state index >= 15 is 0 Å². The van der Waals surface area contributed by atoms with E-state index in [1.54, 1.807) is 24.3 Å². The lowest BCUT2D eigenvalue weighted by molar-refractivity contribution is 0.0853. The van der Waals surface area contributed by atoms with Crippen molar-refractivity contribution in [2.24, 2.45) is 5.41 Å². The van der Waals surface area contributed by atoms with Crippen LogP contribution in [-0.4, -0.2) is 22.9 Å². The Balaban J connectivity index is 3.12. The lowest BCUT2D eigenvalue weighted by Crippen LogP contribution is -2.41. The van der Waals surface area contributed by atoms with Crippen molar-refractivity contribution in [3.8, 4) is 0 Å². The molecule has 0 aliphatic rings. The first-order valence-corrected chi connectivity index (χ1v) is 6.66. The maximum atomic E-state index is 11.0. The van der Waals surface area contributed by atoms with E-state index in [9.17, 15) is 9.90 Å². The van der Waals surface area contributed by atoms with Crippen LogP contribution in [0.15, 0.2) is 24.3 Å². The van der Waals surface area contributed by atoms with Crippen LogP contribution in [0.1, 0.15) is 38.3 Å². The summed E-state index contributed by atoms with van der Waals surface area (Å²) in [6.45, 7) is 3.80. The molecule has 106 valence electrons. The van der Waals surface area contributed by atoms with Gasteiger partial charge in [-0.2, -0.15) is 0 Å². The Hall–Kier alpha value is -1.26. The number of nitrogens with one attached hydrogen (secondary N) is 1. The predicted molar refractivity (Wildman–Crippen MR) is 75.5 cm³/mol. The molecular formula is C14H20ClNO3. The van der Waals surface area contributed by atoms with Crippen molar-refractivity contribution in [3.63, 3.8) is 0 Å². The fraction of sp³-hybridized carbons (Fsp3) is 0.500. The summed E-state index contributed by atoms with van der Waals surface area (Å²) in [6, 6.07) is 6.54. The van der Waals surface area contributed by atoms with Gasteiger partial charge in [0.2, 0.25) is 0 Å². The first kappa shape index (κ1) is 15.8. The lowest BCUT2D eigenvalue weighted by Gasteiger charge is -2.36. The summed E-state index contributed by atoms with van der Waals surface area (Å²) < 4.78 is 0. The highest BCUT2D eigenvalue weighted by Crippen LogP contribution is 2.37. The Bertz CT molecular complexity index is 421. The standard InChI is InChI=1S/C14H20ClNO3/c1-3-8-14(2,9-17)12(16-13(18)19)10-4-6-11(15)7-5-10/h4-7,12,16-17H,3,8-9H2,1-2H3,(H,18,19)/t12-,14?/m1/s1. The molecule has 1 rings (SSSR count). The number of hydrogen-bond acceptors (Lipinski definition) is 2. The summed E-state index contributed by atoms with van der Waals surface area (Å²) in [5.74, 6) is 0. The molecule has 0 heterocycles. The normalized spacial score (nSPS) is 15.6. The molecule has 0 saturated carbocycles. The third-order valence-corrected chi connectivity index (χ3v) is 3.60. The summed E-state index contributed by atoms with van der Waals surface area (Å²) in [5, 5.41) is 21.8. The molecule has 1 unspecified atom stereocenters. The summed E-state index contributed by atoms with van der Waals surface area (Å²) in [6.07, 6.45) is 0.482. The highest BCUT2D eigenvalue weighted by atomic mass is 35.5. The topological polar surface area (TPSA) is 69.6 Å². The molecule has 1 amide bonds. The van der Waals surface area contributed by atoms with E-state index in [0.29, 0.717) is 5.02 Å². The monoisotopic (exact) mass is 285 g/mol. The summed E-state index contributed by atoms with van der Waals surface area (Å²) in [7, 11) is 0. The van der Waals surface area contributed by atoms with Crippen LogP contribution >= 0.6 is 11.6 Å². The molecule has 4 nitrogen and oxygen atoms in total. The van der Waals surface area contributed by atoms with Gasteiger partial charge in [0, 0.05) is 10.4 Å². The van der Waals surface area contributed by atoms with Crippen LogP contribution in [0, 0.1) is 5.41 Å². The van der Waals surface area contributed by atoms with Gasteiger partial charge in [0.15, 0.2) is 0 Å². The zero-order chi connectivity index (χ0) is 14.5. The molecule has 0 aliphatic heterocycles. The molecule has 0 fully saturated rings. The number of aliphatic hydroxyl groups is 1. The van der Waals surface area contributed by atoms with Gasteiger partial charge in [0.05, 0.1) is 12.6 Å². The van der Waals surface area contributed by atoms with Gasteiger partial charge in [-0.05, 0) is 24.1 Å². The third-order valence-electron chi connectivity index (χ3n) is 3.35. The van der Waals surface area contributed by atoms with Gasteiger partial charge in [-0.25, -0.2) is 4.79 Å². The minimum absolute atomic E-state index is 0.0889. The van der Waals surface area contributed by atoms with Crippen molar-refractivity contribution in [2.75, 3.05) is 6.61 Å². The fourth-order valence-electron chi connectivity index (χ4n) is 2.32. The highest BCUT2D eigenvalue weighted by Gasteiger charge is 2.35. The van der Waals surface area contributed by atoms with Crippen LogP contribution in [0.2, 0.25) is 5.02 Å². The van der Waals surface area contributed by atoms with Crippen LogP contribution < -0.4 is 5.32 Å². The van der Waals surface area contributed by atoms with Crippen LogP contribution in [-0.2, 0) is 0 Å². The third kappa shape index (κ3) is 4.11. The van der Waals surface area contributed by atoms with Crippen molar-refractivity contribution in [1.29, 1.82) is 0 Å². The first-order chi connectivity index (χ1) is 8.92. The van der Waals surface area contributed by atoms with Crippen LogP contribution in [0.4, 0.5) is 4.79 Å². The van der Waals surface area contributed by atoms with Gasteiger partial charge in [-0.1, -0.05) is 44.0 Å². The van der Waals surface area contributed by atoms with Crippen molar-refractivity contribution in [1.82, 2.24) is 5.32 Å². The largest absolute Gasteiger partial charge is 0.465 e. The smallest absolute Gasteiger partial charge is 0.405 e. The number of hydrogen-bond donors (Lipinski definition) is 3. The molecule has 5 heteroatoms. The molecule has 0 saturated heterocycles. The lowest BCUT2D eigenvalue weighted by atomic mass is 9.76. The Morgan fingerprint density at radius 3 is 2.42 bits per heavy atom. The van der Waals surface area contributed by atoms with Gasteiger partial charge < -0.3 is 15.5 Å². The fourth-order valence-corrected chi connectivity index (χ4v) is 2.45. The number of aliphatic hydroxyl groups excluding tert-OH is 1. The van der Waals surface area contributed by atoms with Gasteiger partial charge >= 0.3 is 6.09 Å². The molecule has 0 radical (unpaired) electrons. The molecule has 1 aromatic carbocycles. The number of amides is 1. The quantitative estimate of drug-likeness (QED) is 0.750. The molecule has 0 aliphatic carbocycles. The Kier molecular flexibility index (Phi) is 5.63. The molecule has 0 aromatic heterocycles. The van der Waals surface area contributed by atoms with Gasteiger partial charge in [-0.3, -0.25) is 0 Å². The van der Waals surface area contributed by atoms with E-state index in [4.69, 9.17) is 16.7 Å². The number of benzene rings is 1. The molecule has 1 aromatic rings. The number of rotatable bonds is 6. The Morgan fingerprint density at radius 1 is 1.42 bits per heavy atom. The van der Waals surface area contributed by atoms with Crippen molar-refractivity contribution < 1.29 is 15.0 Å². The SMILES string of the molecule is CCCC(C)(CO)[C@H](NC(=O)O)c1ccc(Cl)cc1. The van der Waals surface area contributed by atoms with E-state index in [1.807, 2.05) is 13.8 Å². The van der Waals surface area contributed by atoms with Crippen LogP contribution in [0.5, 0.6) is 0 Å². The van der Waals surface area contributed by atoms with Gasteiger partial charge in [0.1, 0.15) is 0 Å². The Morgan fingerprint density at radius 2 is 2.00 bits per heavy atom. The Labute approximate surface area is 118 Å². The van der Waals surface area contributed by atoms with Gasteiger partial charge in [0.25, 0.3) is 0 Å². The van der Waals surface area contributed by atoms with E-state index < -0.39 is 17.6 Å². The predicted octanol–water partition coefficient (Wildman–Crippen LogP) is 3.45. The molecular weight excluding hydrogens is 266 g/mol. The molecule has 2 atom stereocenters. The summed E-state index contributed by atoms with van der Waals surface area (Å²) in [4.78, 5) is 11.0. The van der Waals surface area contributed by atoms with Crippen molar-refractivity contribution in [3.05, 3.63) is 34.9 Å². The second-order valence-electron chi connectivity index (χ2n) is 5.00.